The van der Waals surface area contributed by atoms with Crippen LogP contribution < -0.4 is 0 Å². The van der Waals surface area contributed by atoms with E-state index >= 15 is 0 Å². The van der Waals surface area contributed by atoms with Crippen molar-refractivity contribution in [2.24, 2.45) is 5.92 Å². The van der Waals surface area contributed by atoms with Gasteiger partial charge in [-0.1, -0.05) is 34.5 Å². The van der Waals surface area contributed by atoms with E-state index in [2.05, 4.69) is 41.8 Å². The molecule has 19 heavy (non-hydrogen) atoms. The highest BCUT2D eigenvalue weighted by Crippen LogP contribution is 2.25. The molecule has 1 aromatic rings. The van der Waals surface area contributed by atoms with Crippen molar-refractivity contribution in [3.05, 3.63) is 33.3 Å². The zero-order valence-corrected chi connectivity index (χ0v) is 13.7. The fourth-order valence-corrected chi connectivity index (χ4v) is 3.51. The number of hydrogen-bond acceptors (Lipinski definition) is 2. The Kier molecular flexibility index (Phi) is 4.54. The van der Waals surface area contributed by atoms with Crippen molar-refractivity contribution >= 4 is 33.4 Å². The number of carbonyl (C=O) groups is 1. The third kappa shape index (κ3) is 3.30. The first-order valence-electron chi connectivity index (χ1n) is 6.30. The Morgan fingerprint density at radius 3 is 2.58 bits per heavy atom. The average molecular weight is 346 g/mol. The van der Waals surface area contributed by atoms with Crippen LogP contribution in [0.1, 0.15) is 17.3 Å². The highest BCUT2D eigenvalue weighted by atomic mass is 79.9. The summed E-state index contributed by atoms with van der Waals surface area (Å²) in [6, 6.07) is 5.75. The summed E-state index contributed by atoms with van der Waals surface area (Å²) in [6.07, 6.45) is 0. The van der Waals surface area contributed by atoms with Gasteiger partial charge < -0.3 is 9.80 Å². The molecule has 2 atom stereocenters. The molecule has 1 aromatic carbocycles. The molecule has 0 aromatic heterocycles. The molecule has 0 spiro atoms. The molecule has 1 heterocycles. The van der Waals surface area contributed by atoms with Crippen LogP contribution in [0.2, 0.25) is 5.02 Å². The molecule has 0 radical (unpaired) electrons. The Labute approximate surface area is 127 Å². The van der Waals surface area contributed by atoms with E-state index in [9.17, 15) is 4.79 Å². The van der Waals surface area contributed by atoms with Gasteiger partial charge in [0, 0.05) is 34.2 Å². The molecule has 0 aliphatic carbocycles. The quantitative estimate of drug-likeness (QED) is 0.822. The van der Waals surface area contributed by atoms with E-state index in [1.807, 2.05) is 11.0 Å². The number of nitrogens with zero attached hydrogens (tertiary/aromatic N) is 2. The number of likely N-dealkylation sites (tertiary alicyclic amines) is 1. The molecule has 0 saturated carbocycles. The van der Waals surface area contributed by atoms with E-state index < -0.39 is 0 Å². The van der Waals surface area contributed by atoms with Gasteiger partial charge in [-0.25, -0.2) is 0 Å². The fourth-order valence-electron chi connectivity index (χ4n) is 2.65. The van der Waals surface area contributed by atoms with Crippen LogP contribution >= 0.6 is 27.5 Å². The number of halogens is 2. The van der Waals surface area contributed by atoms with Gasteiger partial charge in [-0.05, 0) is 38.2 Å². The van der Waals surface area contributed by atoms with E-state index in [4.69, 9.17) is 11.6 Å². The van der Waals surface area contributed by atoms with Gasteiger partial charge in [0.1, 0.15) is 0 Å². The van der Waals surface area contributed by atoms with Crippen molar-refractivity contribution in [1.82, 2.24) is 9.80 Å². The average Bonchev–Trinajstić information content (AvgIpc) is 2.69. The molecular weight excluding hydrogens is 328 g/mol. The topological polar surface area (TPSA) is 23.6 Å². The molecule has 0 N–H and O–H groups in total. The zero-order valence-electron chi connectivity index (χ0n) is 11.4. The lowest BCUT2D eigenvalue weighted by molar-refractivity contribution is 0.0781. The lowest BCUT2D eigenvalue weighted by Gasteiger charge is -2.22. The van der Waals surface area contributed by atoms with Gasteiger partial charge in [0.15, 0.2) is 0 Å². The van der Waals surface area contributed by atoms with Crippen LogP contribution in [0.25, 0.3) is 0 Å². The van der Waals surface area contributed by atoms with E-state index in [1.54, 1.807) is 12.1 Å². The van der Waals surface area contributed by atoms with Gasteiger partial charge in [-0.2, -0.15) is 0 Å². The lowest BCUT2D eigenvalue weighted by Crippen LogP contribution is -2.35. The van der Waals surface area contributed by atoms with E-state index in [1.165, 1.54) is 0 Å². The molecule has 1 saturated heterocycles. The third-order valence-corrected chi connectivity index (χ3v) is 4.31. The number of hydrogen-bond donors (Lipinski definition) is 0. The molecule has 3 nitrogen and oxygen atoms in total. The molecule has 104 valence electrons. The van der Waals surface area contributed by atoms with Crippen molar-refractivity contribution in [2.75, 3.05) is 27.2 Å². The standard InChI is InChI=1S/C14H18BrClN2O/c1-9-7-18(8-13(9)17(2)3)14(19)10-4-11(15)6-12(16)5-10/h4-6,9,13H,7-8H2,1-3H3. The first-order chi connectivity index (χ1) is 8.88. The number of benzene rings is 1. The van der Waals surface area contributed by atoms with Crippen molar-refractivity contribution in [1.29, 1.82) is 0 Å². The Balaban J connectivity index is 2.17. The van der Waals surface area contributed by atoms with Crippen LogP contribution in [-0.4, -0.2) is 48.9 Å². The van der Waals surface area contributed by atoms with Crippen LogP contribution in [0.4, 0.5) is 0 Å². The normalized spacial score (nSPS) is 23.2. The van der Waals surface area contributed by atoms with Gasteiger partial charge in [0.05, 0.1) is 0 Å². The maximum Gasteiger partial charge on any atom is 0.254 e. The van der Waals surface area contributed by atoms with Crippen molar-refractivity contribution in [3.63, 3.8) is 0 Å². The summed E-state index contributed by atoms with van der Waals surface area (Å²) < 4.78 is 0.833. The summed E-state index contributed by atoms with van der Waals surface area (Å²) in [6.45, 7) is 3.76. The molecular formula is C14H18BrClN2O. The minimum atomic E-state index is 0.0550. The maximum atomic E-state index is 12.5. The third-order valence-electron chi connectivity index (χ3n) is 3.63. The zero-order chi connectivity index (χ0) is 14.2. The summed E-state index contributed by atoms with van der Waals surface area (Å²) in [5.74, 6) is 0.543. The second-order valence-electron chi connectivity index (χ2n) is 5.38. The largest absolute Gasteiger partial charge is 0.337 e. The van der Waals surface area contributed by atoms with Crippen LogP contribution in [0.15, 0.2) is 22.7 Å². The minimum Gasteiger partial charge on any atom is -0.337 e. The van der Waals surface area contributed by atoms with Crippen molar-refractivity contribution < 1.29 is 4.79 Å². The van der Waals surface area contributed by atoms with Crippen LogP contribution in [0, 0.1) is 5.92 Å². The maximum absolute atomic E-state index is 12.5. The number of amides is 1. The number of rotatable bonds is 2. The Morgan fingerprint density at radius 1 is 1.37 bits per heavy atom. The van der Waals surface area contributed by atoms with E-state index in [0.29, 0.717) is 22.5 Å². The molecule has 2 rings (SSSR count). The van der Waals surface area contributed by atoms with Crippen LogP contribution in [-0.2, 0) is 0 Å². The summed E-state index contributed by atoms with van der Waals surface area (Å²) >= 11 is 9.37. The second kappa shape index (κ2) is 5.81. The molecule has 2 unspecified atom stereocenters. The summed E-state index contributed by atoms with van der Waals surface area (Å²) in [7, 11) is 4.12. The number of carbonyl (C=O) groups excluding carboxylic acids is 1. The molecule has 0 bridgehead atoms. The first kappa shape index (κ1) is 14.8. The van der Waals surface area contributed by atoms with Crippen LogP contribution in [0.3, 0.4) is 0 Å². The predicted octanol–water partition coefficient (Wildman–Crippen LogP) is 3.12. The monoisotopic (exact) mass is 344 g/mol. The minimum absolute atomic E-state index is 0.0550. The smallest absolute Gasteiger partial charge is 0.254 e. The van der Waals surface area contributed by atoms with Crippen molar-refractivity contribution in [2.45, 2.75) is 13.0 Å². The Bertz CT molecular complexity index is 472. The molecule has 5 heteroatoms. The Hall–Kier alpha value is -0.580. The van der Waals surface area contributed by atoms with Gasteiger partial charge in [-0.15, -0.1) is 0 Å². The molecule has 1 aliphatic rings. The van der Waals surface area contributed by atoms with Gasteiger partial charge >= 0.3 is 0 Å². The van der Waals surface area contributed by atoms with Gasteiger partial charge in [0.2, 0.25) is 0 Å². The van der Waals surface area contributed by atoms with Gasteiger partial charge in [-0.3, -0.25) is 4.79 Å². The predicted molar refractivity (Wildman–Crippen MR) is 81.7 cm³/mol. The van der Waals surface area contributed by atoms with Gasteiger partial charge in [0.25, 0.3) is 5.91 Å². The summed E-state index contributed by atoms with van der Waals surface area (Å²) in [5, 5.41) is 0.578. The van der Waals surface area contributed by atoms with Crippen LogP contribution in [0.5, 0.6) is 0 Å². The SMILES string of the molecule is CC1CN(C(=O)c2cc(Cl)cc(Br)c2)CC1N(C)C. The second-order valence-corrected chi connectivity index (χ2v) is 6.73. The number of likely N-dealkylation sites (N-methyl/N-ethyl adjacent to an activating group) is 1. The van der Waals surface area contributed by atoms with Crippen molar-refractivity contribution in [3.8, 4) is 0 Å². The molecule has 1 fully saturated rings. The first-order valence-corrected chi connectivity index (χ1v) is 7.47. The Morgan fingerprint density at radius 2 is 2.05 bits per heavy atom. The highest BCUT2D eigenvalue weighted by Gasteiger charge is 2.34. The van der Waals surface area contributed by atoms with E-state index in [0.717, 1.165) is 17.6 Å². The fraction of sp³-hybridized carbons (Fsp3) is 0.500. The summed E-state index contributed by atoms with van der Waals surface area (Å²) in [5.41, 5.74) is 0.644. The van der Waals surface area contributed by atoms with E-state index in [-0.39, 0.29) is 5.91 Å². The molecule has 1 amide bonds. The lowest BCUT2D eigenvalue weighted by atomic mass is 10.1. The summed E-state index contributed by atoms with van der Waals surface area (Å²) in [4.78, 5) is 16.6. The highest BCUT2D eigenvalue weighted by molar-refractivity contribution is 9.10. The molecule has 1 aliphatic heterocycles.